The molecule has 0 aliphatic heterocycles. The molecule has 6 nitrogen and oxygen atoms in total. The summed E-state index contributed by atoms with van der Waals surface area (Å²) in [5, 5.41) is 7.22. The lowest BCUT2D eigenvalue weighted by Crippen LogP contribution is -2.38. The number of hydrogen-bond donors (Lipinski definition) is 4. The van der Waals surface area contributed by atoms with E-state index in [1.165, 1.54) is 35.6 Å². The molecule has 2 atom stereocenters. The summed E-state index contributed by atoms with van der Waals surface area (Å²) in [4.78, 5) is 17.8. The van der Waals surface area contributed by atoms with Gasteiger partial charge in [-0.2, -0.15) is 0 Å². The predicted molar refractivity (Wildman–Crippen MR) is 125 cm³/mol. The lowest BCUT2D eigenvalue weighted by atomic mass is 10.1. The first-order valence-electron chi connectivity index (χ1n) is 9.33. The van der Waals surface area contributed by atoms with Crippen LogP contribution in [0, 0.1) is 11.6 Å². The molecule has 168 valence electrons. The van der Waals surface area contributed by atoms with Gasteiger partial charge in [0.15, 0.2) is 0 Å². The van der Waals surface area contributed by atoms with Crippen molar-refractivity contribution in [2.75, 3.05) is 5.32 Å². The van der Waals surface area contributed by atoms with Gasteiger partial charge in [0, 0.05) is 33.6 Å². The molecule has 1 amide bonds. The lowest BCUT2D eigenvalue weighted by Gasteiger charge is -2.17. The summed E-state index contributed by atoms with van der Waals surface area (Å²) >= 11 is 13.1. The van der Waals surface area contributed by atoms with Crippen LogP contribution in [0.2, 0.25) is 10.0 Å². The van der Waals surface area contributed by atoms with Crippen LogP contribution < -0.4 is 22.1 Å². The fourth-order valence-corrected chi connectivity index (χ4v) is 3.85. The van der Waals surface area contributed by atoms with Crippen molar-refractivity contribution in [1.82, 2.24) is 5.32 Å². The monoisotopic (exact) mass is 497 g/mol. The van der Waals surface area contributed by atoms with Crippen molar-refractivity contribution in [2.45, 2.75) is 18.6 Å². The number of guanidine groups is 1. The Morgan fingerprint density at radius 3 is 2.56 bits per heavy atom. The molecule has 2 aromatic carbocycles. The Kier molecular flexibility index (Phi) is 8.16. The van der Waals surface area contributed by atoms with Crippen molar-refractivity contribution >= 4 is 52.1 Å². The first kappa shape index (κ1) is 24.1. The first-order valence-corrected chi connectivity index (χ1v) is 11.0. The number of nitrogens with two attached hydrogens (primary N) is 2. The lowest BCUT2D eigenvalue weighted by molar-refractivity contribution is 0.0976. The zero-order chi connectivity index (χ0) is 23.3. The fourth-order valence-electron chi connectivity index (χ4n) is 2.77. The summed E-state index contributed by atoms with van der Waals surface area (Å²) in [5.74, 6) is -2.10. The molecule has 3 aromatic rings. The van der Waals surface area contributed by atoms with Crippen molar-refractivity contribution < 1.29 is 13.6 Å². The van der Waals surface area contributed by atoms with Gasteiger partial charge in [0.2, 0.25) is 5.96 Å². The van der Waals surface area contributed by atoms with E-state index in [0.29, 0.717) is 0 Å². The van der Waals surface area contributed by atoms with Crippen molar-refractivity contribution in [3.05, 3.63) is 86.0 Å². The number of anilines is 1. The van der Waals surface area contributed by atoms with E-state index in [0.717, 1.165) is 17.0 Å². The van der Waals surface area contributed by atoms with Gasteiger partial charge < -0.3 is 16.8 Å². The molecule has 3 rings (SSSR count). The van der Waals surface area contributed by atoms with Crippen LogP contribution in [0.25, 0.3) is 0 Å². The van der Waals surface area contributed by atoms with E-state index in [1.54, 1.807) is 0 Å². The quantitative estimate of drug-likeness (QED) is 0.286. The molecule has 0 radical (unpaired) electrons. The normalized spacial score (nSPS) is 13.5. The zero-order valence-electron chi connectivity index (χ0n) is 16.5. The summed E-state index contributed by atoms with van der Waals surface area (Å²) in [6.45, 7) is 0. The molecule has 2 unspecified atom stereocenters. The van der Waals surface area contributed by atoms with E-state index in [1.807, 2.05) is 17.5 Å². The second-order valence-electron chi connectivity index (χ2n) is 6.77. The van der Waals surface area contributed by atoms with Crippen LogP contribution in [0.4, 0.5) is 14.5 Å². The molecule has 0 fully saturated rings. The number of carbonyl (C=O) groups is 1. The Morgan fingerprint density at radius 1 is 1.12 bits per heavy atom. The largest absolute Gasteiger partial charge is 0.326 e. The fraction of sp³-hybridized carbons (Fsp3) is 0.143. The molecular formula is C21H19Cl2F2N5OS. The summed E-state index contributed by atoms with van der Waals surface area (Å²) in [6, 6.07) is 10.7. The van der Waals surface area contributed by atoms with Crippen molar-refractivity contribution in [3.63, 3.8) is 0 Å². The van der Waals surface area contributed by atoms with Gasteiger partial charge in [-0.1, -0.05) is 29.3 Å². The van der Waals surface area contributed by atoms with Crippen LogP contribution in [0.5, 0.6) is 0 Å². The Balaban J connectivity index is 1.82. The Bertz CT molecular complexity index is 1110. The number of amides is 1. The molecule has 0 bridgehead atoms. The van der Waals surface area contributed by atoms with Crippen molar-refractivity contribution in [3.8, 4) is 0 Å². The average molecular weight is 498 g/mol. The highest BCUT2D eigenvalue weighted by atomic mass is 35.5. The molecule has 11 heteroatoms. The maximum absolute atomic E-state index is 13.8. The molecule has 0 saturated carbocycles. The number of nitrogens with one attached hydrogen (secondary N) is 2. The van der Waals surface area contributed by atoms with Gasteiger partial charge in [-0.3, -0.25) is 10.1 Å². The number of nitrogens with zero attached hydrogens (tertiary/aromatic N) is 1. The van der Waals surface area contributed by atoms with Crippen LogP contribution in [-0.4, -0.2) is 18.0 Å². The third-order valence-electron chi connectivity index (χ3n) is 4.24. The van der Waals surface area contributed by atoms with Gasteiger partial charge in [-0.25, -0.2) is 13.8 Å². The predicted octanol–water partition coefficient (Wildman–Crippen LogP) is 4.91. The smallest absolute Gasteiger partial charge is 0.258 e. The Hall–Kier alpha value is -2.56. The average Bonchev–Trinajstić information content (AvgIpc) is 3.24. The molecule has 1 heterocycles. The van der Waals surface area contributed by atoms with E-state index in [-0.39, 0.29) is 39.7 Å². The van der Waals surface area contributed by atoms with Gasteiger partial charge in [0.1, 0.15) is 17.8 Å². The van der Waals surface area contributed by atoms with Gasteiger partial charge >= 0.3 is 0 Å². The standard InChI is InChI=1S/C21H19Cl2F2N5OS/c22-12-7-13(24)9-14(8-12)28-21(29-19(27)10-17(26)18-2-1-5-32-18)30-20(31)11-3-4-15(23)16(25)6-11/h1-9,17,19H,10,26-27H2,(H2,28,29,30,31). The summed E-state index contributed by atoms with van der Waals surface area (Å²) in [7, 11) is 0. The minimum absolute atomic E-state index is 0.00235. The molecule has 0 aliphatic rings. The second kappa shape index (κ2) is 10.8. The number of rotatable bonds is 6. The van der Waals surface area contributed by atoms with Gasteiger partial charge in [-0.05, 0) is 47.8 Å². The number of aliphatic imine (C=N–C) groups is 1. The van der Waals surface area contributed by atoms with Gasteiger partial charge in [0.05, 0.1) is 5.02 Å². The van der Waals surface area contributed by atoms with Crippen LogP contribution in [0.3, 0.4) is 0 Å². The Morgan fingerprint density at radius 2 is 1.91 bits per heavy atom. The molecule has 6 N–H and O–H groups in total. The first-order chi connectivity index (χ1) is 15.2. The molecule has 0 saturated heterocycles. The summed E-state index contributed by atoms with van der Waals surface area (Å²) in [5.41, 5.74) is 12.5. The van der Waals surface area contributed by atoms with Crippen LogP contribution in [0.15, 0.2) is 58.9 Å². The van der Waals surface area contributed by atoms with Gasteiger partial charge in [0.25, 0.3) is 5.91 Å². The van der Waals surface area contributed by atoms with E-state index in [4.69, 9.17) is 34.7 Å². The third-order valence-corrected chi connectivity index (χ3v) is 5.77. The van der Waals surface area contributed by atoms with Crippen LogP contribution in [-0.2, 0) is 0 Å². The number of halogens is 4. The number of carbonyl (C=O) groups excluding carboxylic acids is 1. The SMILES string of the molecule is NC(CC(N)c1cccs1)N=C(NC(=O)c1ccc(Cl)c(F)c1)Nc1cc(F)cc(Cl)c1. The molecule has 0 aliphatic carbocycles. The van der Waals surface area contributed by atoms with E-state index < -0.39 is 23.7 Å². The number of benzene rings is 2. The third kappa shape index (κ3) is 6.72. The molecular weight excluding hydrogens is 479 g/mol. The Labute approximate surface area is 197 Å². The van der Waals surface area contributed by atoms with Crippen molar-refractivity contribution in [1.29, 1.82) is 0 Å². The molecule has 32 heavy (non-hydrogen) atoms. The van der Waals surface area contributed by atoms with E-state index in [2.05, 4.69) is 15.6 Å². The van der Waals surface area contributed by atoms with Crippen LogP contribution >= 0.6 is 34.5 Å². The second-order valence-corrected chi connectivity index (χ2v) is 8.59. The minimum Gasteiger partial charge on any atom is -0.326 e. The van der Waals surface area contributed by atoms with E-state index >= 15 is 0 Å². The number of hydrogen-bond acceptors (Lipinski definition) is 5. The van der Waals surface area contributed by atoms with Crippen LogP contribution in [0.1, 0.15) is 27.7 Å². The molecule has 1 aromatic heterocycles. The summed E-state index contributed by atoms with van der Waals surface area (Å²) in [6.07, 6.45) is -0.526. The summed E-state index contributed by atoms with van der Waals surface area (Å²) < 4.78 is 27.5. The van der Waals surface area contributed by atoms with Crippen molar-refractivity contribution in [2.24, 2.45) is 16.5 Å². The topological polar surface area (TPSA) is 106 Å². The maximum atomic E-state index is 13.8. The highest BCUT2D eigenvalue weighted by molar-refractivity contribution is 7.10. The zero-order valence-corrected chi connectivity index (χ0v) is 18.8. The number of thiophene rings is 1. The molecule has 0 spiro atoms. The highest BCUT2D eigenvalue weighted by Crippen LogP contribution is 2.21. The van der Waals surface area contributed by atoms with E-state index in [9.17, 15) is 13.6 Å². The maximum Gasteiger partial charge on any atom is 0.258 e. The van der Waals surface area contributed by atoms with Gasteiger partial charge in [-0.15, -0.1) is 11.3 Å². The highest BCUT2D eigenvalue weighted by Gasteiger charge is 2.16. The minimum atomic E-state index is -0.805.